The van der Waals surface area contributed by atoms with Crippen LogP contribution in [0.25, 0.3) is 0 Å². The van der Waals surface area contributed by atoms with Crippen LogP contribution in [-0.4, -0.2) is 61.9 Å². The van der Waals surface area contributed by atoms with Crippen LogP contribution in [0.3, 0.4) is 0 Å². The fourth-order valence-electron chi connectivity index (χ4n) is 3.39. The first-order valence-corrected chi connectivity index (χ1v) is 8.32. The van der Waals surface area contributed by atoms with Gasteiger partial charge < -0.3 is 20.0 Å². The molecule has 7 heteroatoms. The number of benzene rings is 1. The van der Waals surface area contributed by atoms with E-state index in [1.807, 2.05) is 31.2 Å². The van der Waals surface area contributed by atoms with Crippen molar-refractivity contribution in [2.45, 2.75) is 19.4 Å². The van der Waals surface area contributed by atoms with Crippen LogP contribution < -0.4 is 15.1 Å². The van der Waals surface area contributed by atoms with Gasteiger partial charge in [0.2, 0.25) is 12.3 Å². The van der Waals surface area contributed by atoms with E-state index >= 15 is 0 Å². The molecule has 0 spiro atoms. The Kier molecular flexibility index (Phi) is 4.80. The normalized spacial score (nSPS) is 21.7. The molecule has 2 heterocycles. The molecule has 3 rings (SSSR count). The number of hydrogen-bond acceptors (Lipinski definition) is 3. The molecule has 0 saturated carbocycles. The molecule has 0 unspecified atom stereocenters. The first kappa shape index (κ1) is 16.4. The fourth-order valence-corrected chi connectivity index (χ4v) is 3.39. The Hall–Kier alpha value is -2.41. The summed E-state index contributed by atoms with van der Waals surface area (Å²) in [4.78, 5) is 40.4. The molecule has 128 valence electrons. The molecule has 2 aliphatic rings. The smallest absolute Gasteiger partial charge is 0.282 e. The predicted octanol–water partition coefficient (Wildman–Crippen LogP) is -0.893. The van der Waals surface area contributed by atoms with Crippen molar-refractivity contribution in [1.82, 2.24) is 4.90 Å². The van der Waals surface area contributed by atoms with Crippen LogP contribution in [0.1, 0.15) is 13.3 Å². The number of para-hydroxylation sites is 2. The standard InChI is InChI=1S/C17H22N4O3/c1-13-10-16(23)18-14-4-2-3-5-15(14)21(13)17(24)11-19-6-8-20(12-22)9-7-19/h2-5,12-13H,6-11H2,1H3,(H,18,23)/p+1/t13-/m0/s1. The lowest BCUT2D eigenvalue weighted by Gasteiger charge is -2.32. The Balaban J connectivity index is 1.76. The molecular weight excluding hydrogens is 308 g/mol. The largest absolute Gasteiger partial charge is 0.334 e. The molecule has 24 heavy (non-hydrogen) atoms. The first-order valence-electron chi connectivity index (χ1n) is 8.32. The molecule has 1 aromatic rings. The quantitative estimate of drug-likeness (QED) is 0.706. The topological polar surface area (TPSA) is 74.2 Å². The Morgan fingerprint density at radius 2 is 2.04 bits per heavy atom. The first-order chi connectivity index (χ1) is 11.6. The zero-order valence-corrected chi connectivity index (χ0v) is 13.8. The number of carbonyl (C=O) groups excluding carboxylic acids is 3. The number of hydrogen-bond donors (Lipinski definition) is 2. The molecule has 1 saturated heterocycles. The van der Waals surface area contributed by atoms with Crippen LogP contribution in [-0.2, 0) is 14.4 Å². The van der Waals surface area contributed by atoms with Crippen molar-refractivity contribution in [2.75, 3.05) is 42.9 Å². The van der Waals surface area contributed by atoms with Gasteiger partial charge in [-0.3, -0.25) is 14.4 Å². The summed E-state index contributed by atoms with van der Waals surface area (Å²) in [5.41, 5.74) is 1.44. The minimum atomic E-state index is -0.184. The number of quaternary nitrogens is 1. The molecule has 0 bridgehead atoms. The lowest BCUT2D eigenvalue weighted by molar-refractivity contribution is -0.895. The van der Waals surface area contributed by atoms with E-state index in [0.717, 1.165) is 25.2 Å². The van der Waals surface area contributed by atoms with Crippen molar-refractivity contribution in [3.05, 3.63) is 24.3 Å². The summed E-state index contributed by atoms with van der Waals surface area (Å²) in [6.07, 6.45) is 1.15. The van der Waals surface area contributed by atoms with Gasteiger partial charge in [0.15, 0.2) is 6.54 Å². The zero-order valence-electron chi connectivity index (χ0n) is 13.8. The van der Waals surface area contributed by atoms with Crippen LogP contribution in [0.15, 0.2) is 24.3 Å². The van der Waals surface area contributed by atoms with Gasteiger partial charge in [0, 0.05) is 12.5 Å². The number of anilines is 2. The predicted molar refractivity (Wildman–Crippen MR) is 89.8 cm³/mol. The van der Waals surface area contributed by atoms with E-state index in [0.29, 0.717) is 25.3 Å². The summed E-state index contributed by atoms with van der Waals surface area (Å²) in [5.74, 6) is -0.0572. The molecule has 7 nitrogen and oxygen atoms in total. The number of nitrogens with one attached hydrogen (secondary N) is 2. The Labute approximate surface area is 141 Å². The molecule has 1 atom stereocenters. The van der Waals surface area contributed by atoms with Crippen molar-refractivity contribution >= 4 is 29.6 Å². The third-order valence-electron chi connectivity index (χ3n) is 4.68. The average molecular weight is 331 g/mol. The highest BCUT2D eigenvalue weighted by atomic mass is 16.2. The highest BCUT2D eigenvalue weighted by molar-refractivity contribution is 6.04. The number of piperazine rings is 1. The van der Waals surface area contributed by atoms with Gasteiger partial charge in [-0.05, 0) is 19.1 Å². The second-order valence-corrected chi connectivity index (χ2v) is 6.45. The average Bonchev–Trinajstić information content (AvgIpc) is 2.69. The third-order valence-corrected chi connectivity index (χ3v) is 4.68. The summed E-state index contributed by atoms with van der Waals surface area (Å²) >= 11 is 0. The van der Waals surface area contributed by atoms with Crippen molar-refractivity contribution in [3.8, 4) is 0 Å². The second kappa shape index (κ2) is 7.00. The summed E-state index contributed by atoms with van der Waals surface area (Å²) in [5, 5.41) is 2.87. The van der Waals surface area contributed by atoms with Crippen LogP contribution >= 0.6 is 0 Å². The molecular formula is C17H23N4O3+. The monoisotopic (exact) mass is 331 g/mol. The molecule has 0 aromatic heterocycles. The summed E-state index contributed by atoms with van der Waals surface area (Å²) in [7, 11) is 0. The van der Waals surface area contributed by atoms with Gasteiger partial charge in [-0.25, -0.2) is 0 Å². The van der Waals surface area contributed by atoms with Gasteiger partial charge in [0.05, 0.1) is 37.6 Å². The van der Waals surface area contributed by atoms with Crippen molar-refractivity contribution in [1.29, 1.82) is 0 Å². The summed E-state index contributed by atoms with van der Waals surface area (Å²) in [6.45, 7) is 5.17. The van der Waals surface area contributed by atoms with Crippen LogP contribution in [0, 0.1) is 0 Å². The Morgan fingerprint density at radius 1 is 1.33 bits per heavy atom. The van der Waals surface area contributed by atoms with E-state index in [9.17, 15) is 14.4 Å². The van der Waals surface area contributed by atoms with Gasteiger partial charge in [0.25, 0.3) is 5.91 Å². The lowest BCUT2D eigenvalue weighted by atomic mass is 10.1. The van der Waals surface area contributed by atoms with Gasteiger partial charge in [-0.2, -0.15) is 0 Å². The number of rotatable bonds is 3. The van der Waals surface area contributed by atoms with Crippen LogP contribution in [0.4, 0.5) is 11.4 Å². The van der Waals surface area contributed by atoms with Crippen LogP contribution in [0.5, 0.6) is 0 Å². The van der Waals surface area contributed by atoms with E-state index in [1.54, 1.807) is 9.80 Å². The fraction of sp³-hybridized carbons (Fsp3) is 0.471. The minimum Gasteiger partial charge on any atom is -0.334 e. The molecule has 2 aliphatic heterocycles. The highest BCUT2D eigenvalue weighted by Gasteiger charge is 2.32. The van der Waals surface area contributed by atoms with E-state index in [1.165, 1.54) is 4.90 Å². The van der Waals surface area contributed by atoms with E-state index < -0.39 is 0 Å². The van der Waals surface area contributed by atoms with Crippen molar-refractivity contribution < 1.29 is 19.3 Å². The maximum absolute atomic E-state index is 12.9. The van der Waals surface area contributed by atoms with Crippen molar-refractivity contribution in [2.24, 2.45) is 0 Å². The highest BCUT2D eigenvalue weighted by Crippen LogP contribution is 2.30. The molecule has 1 fully saturated rings. The summed E-state index contributed by atoms with van der Waals surface area (Å²) < 4.78 is 0. The minimum absolute atomic E-state index is 0.0148. The Bertz CT molecular complexity index is 640. The number of amides is 3. The third kappa shape index (κ3) is 3.41. The number of nitrogens with zero attached hydrogens (tertiary/aromatic N) is 2. The molecule has 0 aliphatic carbocycles. The number of fused-ring (bicyclic) bond motifs is 1. The van der Waals surface area contributed by atoms with Gasteiger partial charge in [-0.1, -0.05) is 12.1 Å². The molecule has 3 amide bonds. The van der Waals surface area contributed by atoms with Crippen molar-refractivity contribution in [3.63, 3.8) is 0 Å². The summed E-state index contributed by atoms with van der Waals surface area (Å²) in [6, 6.07) is 7.23. The maximum Gasteiger partial charge on any atom is 0.282 e. The number of carbonyl (C=O) groups is 3. The zero-order chi connectivity index (χ0) is 17.1. The molecule has 1 aromatic carbocycles. The molecule has 2 N–H and O–H groups in total. The van der Waals surface area contributed by atoms with Crippen LogP contribution in [0.2, 0.25) is 0 Å². The van der Waals surface area contributed by atoms with Gasteiger partial charge in [-0.15, -0.1) is 0 Å². The van der Waals surface area contributed by atoms with Gasteiger partial charge >= 0.3 is 0 Å². The lowest BCUT2D eigenvalue weighted by Crippen LogP contribution is -3.15. The van der Waals surface area contributed by atoms with E-state index in [4.69, 9.17) is 0 Å². The van der Waals surface area contributed by atoms with E-state index in [-0.39, 0.29) is 24.3 Å². The SMILES string of the molecule is C[C@H]1CC(=O)Nc2ccccc2N1C(=O)C[NH+]1CCN(C=O)CC1. The van der Waals surface area contributed by atoms with Gasteiger partial charge in [0.1, 0.15) is 0 Å². The maximum atomic E-state index is 12.9. The van der Waals surface area contributed by atoms with E-state index in [2.05, 4.69) is 5.32 Å². The second-order valence-electron chi connectivity index (χ2n) is 6.45. The molecule has 0 radical (unpaired) electrons. The Morgan fingerprint density at radius 3 is 2.75 bits per heavy atom.